The molecular weight excluding hydrogens is 230 g/mol. The molecule has 1 N–H and O–H groups in total. The summed E-state index contributed by atoms with van der Waals surface area (Å²) in [6, 6.07) is -0.557. The maximum atomic E-state index is 12.0. The lowest BCUT2D eigenvalue weighted by molar-refractivity contribution is -0.158. The maximum Gasteiger partial charge on any atom is 0.328 e. The van der Waals surface area contributed by atoms with Crippen LogP contribution in [0.4, 0.5) is 0 Å². The average molecular weight is 253 g/mol. The van der Waals surface area contributed by atoms with Crippen LogP contribution in [0.2, 0.25) is 0 Å². The molecule has 2 unspecified atom stereocenters. The monoisotopic (exact) mass is 253 g/mol. The maximum absolute atomic E-state index is 12.0. The van der Waals surface area contributed by atoms with Gasteiger partial charge in [0, 0.05) is 5.92 Å². The van der Waals surface area contributed by atoms with Gasteiger partial charge in [0.25, 0.3) is 0 Å². The molecule has 0 aromatic rings. The zero-order valence-electron chi connectivity index (χ0n) is 11.7. The Hall–Kier alpha value is -1.06. The molecule has 2 aliphatic carbocycles. The Morgan fingerprint density at radius 3 is 2.28 bits per heavy atom. The van der Waals surface area contributed by atoms with Gasteiger partial charge in [-0.2, -0.15) is 0 Å². The lowest BCUT2D eigenvalue weighted by atomic mass is 10.1. The van der Waals surface area contributed by atoms with Crippen LogP contribution in [0.1, 0.15) is 47.0 Å². The van der Waals surface area contributed by atoms with E-state index in [9.17, 15) is 9.59 Å². The van der Waals surface area contributed by atoms with Crippen LogP contribution in [0, 0.1) is 17.8 Å². The quantitative estimate of drug-likeness (QED) is 0.781. The topological polar surface area (TPSA) is 55.4 Å². The zero-order chi connectivity index (χ0) is 13.5. The van der Waals surface area contributed by atoms with Crippen LogP contribution in [0.15, 0.2) is 0 Å². The van der Waals surface area contributed by atoms with Gasteiger partial charge in [-0.15, -0.1) is 0 Å². The van der Waals surface area contributed by atoms with Gasteiger partial charge in [-0.3, -0.25) is 4.79 Å². The zero-order valence-corrected chi connectivity index (χ0v) is 11.7. The Labute approximate surface area is 108 Å². The molecule has 0 spiro atoms. The summed E-state index contributed by atoms with van der Waals surface area (Å²) in [6.07, 6.45) is 3.59. The van der Waals surface area contributed by atoms with Gasteiger partial charge < -0.3 is 10.1 Å². The first kappa shape index (κ1) is 13.4. The van der Waals surface area contributed by atoms with E-state index < -0.39 is 11.6 Å². The summed E-state index contributed by atoms with van der Waals surface area (Å²) in [5, 5.41) is 2.78. The molecule has 0 radical (unpaired) electrons. The smallest absolute Gasteiger partial charge is 0.328 e. The number of amides is 1. The molecule has 2 rings (SSSR count). The Morgan fingerprint density at radius 2 is 1.78 bits per heavy atom. The highest BCUT2D eigenvalue weighted by molar-refractivity contribution is 5.87. The average Bonchev–Trinajstić information content (AvgIpc) is 2.70. The Bertz CT molecular complexity index is 349. The molecule has 0 aromatic heterocycles. The predicted octanol–water partition coefficient (Wildman–Crippen LogP) is 1.88. The molecule has 0 aromatic carbocycles. The Kier molecular flexibility index (Phi) is 3.39. The second kappa shape index (κ2) is 4.56. The molecule has 0 saturated heterocycles. The van der Waals surface area contributed by atoms with Gasteiger partial charge in [-0.05, 0) is 52.4 Å². The van der Waals surface area contributed by atoms with Crippen LogP contribution >= 0.6 is 0 Å². The summed E-state index contributed by atoms with van der Waals surface area (Å²) < 4.78 is 5.24. The minimum Gasteiger partial charge on any atom is -0.458 e. The van der Waals surface area contributed by atoms with E-state index >= 15 is 0 Å². The molecule has 0 bridgehead atoms. The summed E-state index contributed by atoms with van der Waals surface area (Å²) in [4.78, 5) is 23.7. The summed E-state index contributed by atoms with van der Waals surface area (Å²) in [5.41, 5.74) is -0.508. The Morgan fingerprint density at radius 1 is 1.22 bits per heavy atom. The highest BCUT2D eigenvalue weighted by Crippen LogP contribution is 2.57. The van der Waals surface area contributed by atoms with Gasteiger partial charge in [0.15, 0.2) is 0 Å². The third-order valence-corrected chi connectivity index (χ3v) is 3.83. The molecule has 2 fully saturated rings. The lowest BCUT2D eigenvalue weighted by Crippen LogP contribution is -2.43. The van der Waals surface area contributed by atoms with E-state index in [0.29, 0.717) is 11.8 Å². The number of hydrogen-bond acceptors (Lipinski definition) is 3. The SMILES string of the molecule is C[C@H](NC(=O)C1C2CCCC21)C(=O)OC(C)(C)C. The van der Waals surface area contributed by atoms with E-state index in [4.69, 9.17) is 4.74 Å². The fourth-order valence-corrected chi connectivity index (χ4v) is 2.97. The second-order valence-corrected chi connectivity index (χ2v) is 6.55. The minimum absolute atomic E-state index is 0.0306. The standard InChI is InChI=1S/C14H23NO3/c1-8(13(17)18-14(2,3)4)15-12(16)11-9-6-5-7-10(9)11/h8-11H,5-7H2,1-4H3,(H,15,16)/t8-,9?,10?,11?/m0/s1. The fraction of sp³-hybridized carbons (Fsp3) is 0.857. The molecular formula is C14H23NO3. The van der Waals surface area contributed by atoms with E-state index in [0.717, 1.165) is 0 Å². The second-order valence-electron chi connectivity index (χ2n) is 6.55. The van der Waals surface area contributed by atoms with Crippen molar-refractivity contribution in [1.82, 2.24) is 5.32 Å². The number of carbonyl (C=O) groups is 2. The molecule has 102 valence electrons. The summed E-state index contributed by atoms with van der Waals surface area (Å²) in [6.45, 7) is 7.16. The van der Waals surface area contributed by atoms with E-state index in [1.54, 1.807) is 6.92 Å². The first-order valence-corrected chi connectivity index (χ1v) is 6.83. The fourth-order valence-electron chi connectivity index (χ4n) is 2.97. The van der Waals surface area contributed by atoms with Gasteiger partial charge in [-0.25, -0.2) is 4.79 Å². The summed E-state index contributed by atoms with van der Waals surface area (Å²) >= 11 is 0. The normalized spacial score (nSPS) is 31.4. The number of esters is 1. The molecule has 4 nitrogen and oxygen atoms in total. The minimum atomic E-state index is -0.557. The van der Waals surface area contributed by atoms with E-state index in [1.165, 1.54) is 19.3 Å². The first-order valence-electron chi connectivity index (χ1n) is 6.83. The van der Waals surface area contributed by atoms with Crippen molar-refractivity contribution in [2.45, 2.75) is 58.6 Å². The Balaban J connectivity index is 1.79. The van der Waals surface area contributed by atoms with Gasteiger partial charge >= 0.3 is 5.97 Å². The molecule has 18 heavy (non-hydrogen) atoms. The third-order valence-electron chi connectivity index (χ3n) is 3.83. The van der Waals surface area contributed by atoms with Crippen LogP contribution in [0.5, 0.6) is 0 Å². The van der Waals surface area contributed by atoms with Gasteiger partial charge in [0.05, 0.1) is 0 Å². The van der Waals surface area contributed by atoms with Crippen LogP contribution in [0.25, 0.3) is 0 Å². The first-order chi connectivity index (χ1) is 8.29. The highest BCUT2D eigenvalue weighted by Gasteiger charge is 2.56. The molecule has 0 aliphatic heterocycles. The number of fused-ring (bicyclic) bond motifs is 1. The summed E-state index contributed by atoms with van der Waals surface area (Å²) in [7, 11) is 0. The van der Waals surface area contributed by atoms with Crippen LogP contribution in [-0.2, 0) is 14.3 Å². The van der Waals surface area contributed by atoms with Crippen molar-refractivity contribution in [3.05, 3.63) is 0 Å². The molecule has 1 amide bonds. The largest absolute Gasteiger partial charge is 0.458 e. The van der Waals surface area contributed by atoms with Crippen molar-refractivity contribution in [3.8, 4) is 0 Å². The van der Waals surface area contributed by atoms with E-state index in [2.05, 4.69) is 5.32 Å². The van der Waals surface area contributed by atoms with Crippen molar-refractivity contribution in [3.63, 3.8) is 0 Å². The van der Waals surface area contributed by atoms with Crippen LogP contribution < -0.4 is 5.32 Å². The van der Waals surface area contributed by atoms with Crippen molar-refractivity contribution in [2.75, 3.05) is 0 Å². The van der Waals surface area contributed by atoms with Crippen LogP contribution in [-0.4, -0.2) is 23.5 Å². The van der Waals surface area contributed by atoms with Crippen LogP contribution in [0.3, 0.4) is 0 Å². The number of carbonyl (C=O) groups excluding carboxylic acids is 2. The number of ether oxygens (including phenoxy) is 1. The van der Waals surface area contributed by atoms with E-state index in [1.807, 2.05) is 20.8 Å². The lowest BCUT2D eigenvalue weighted by Gasteiger charge is -2.22. The van der Waals surface area contributed by atoms with Crippen molar-refractivity contribution in [2.24, 2.45) is 17.8 Å². The predicted molar refractivity (Wildman–Crippen MR) is 67.8 cm³/mol. The third kappa shape index (κ3) is 2.85. The number of rotatable bonds is 3. The van der Waals surface area contributed by atoms with Gasteiger partial charge in [-0.1, -0.05) is 6.42 Å². The molecule has 3 atom stereocenters. The van der Waals surface area contributed by atoms with E-state index in [-0.39, 0.29) is 17.8 Å². The number of hydrogen-bond donors (Lipinski definition) is 1. The molecule has 0 heterocycles. The van der Waals surface area contributed by atoms with Crippen molar-refractivity contribution in [1.29, 1.82) is 0 Å². The highest BCUT2D eigenvalue weighted by atomic mass is 16.6. The molecule has 2 aliphatic rings. The number of nitrogens with one attached hydrogen (secondary N) is 1. The van der Waals surface area contributed by atoms with Gasteiger partial charge in [0.2, 0.25) is 5.91 Å². The molecule has 2 saturated carbocycles. The molecule has 4 heteroatoms. The van der Waals surface area contributed by atoms with Crippen molar-refractivity contribution >= 4 is 11.9 Å². The summed E-state index contributed by atoms with van der Waals surface area (Å²) in [5.74, 6) is 0.986. The van der Waals surface area contributed by atoms with Crippen molar-refractivity contribution < 1.29 is 14.3 Å². The van der Waals surface area contributed by atoms with Gasteiger partial charge in [0.1, 0.15) is 11.6 Å².